The minimum atomic E-state index is -2.97. The quantitative estimate of drug-likeness (QED) is 0.431. The summed E-state index contributed by atoms with van der Waals surface area (Å²) in [7, 11) is -2.97. The molecule has 2 aromatic heterocycles. The van der Waals surface area contributed by atoms with Crippen LogP contribution in [0.3, 0.4) is 0 Å². The molecule has 3 fully saturated rings. The molecule has 3 heterocycles. The third-order valence-corrected chi connectivity index (χ3v) is 11.5. The zero-order valence-corrected chi connectivity index (χ0v) is 24.5. The molecule has 214 valence electrons. The third-order valence-electron chi connectivity index (χ3n) is 8.75. The van der Waals surface area contributed by atoms with Gasteiger partial charge >= 0.3 is 0 Å². The molecule has 0 radical (unpaired) electrons. The van der Waals surface area contributed by atoms with Crippen molar-refractivity contribution >= 4 is 32.8 Å². The van der Waals surface area contributed by atoms with E-state index in [1.54, 1.807) is 6.07 Å². The Hall–Kier alpha value is -3.36. The zero-order chi connectivity index (χ0) is 28.8. The highest BCUT2D eigenvalue weighted by atomic mass is 32.2. The van der Waals surface area contributed by atoms with Crippen LogP contribution in [0.1, 0.15) is 50.6 Å². The van der Waals surface area contributed by atoms with Crippen molar-refractivity contribution in [3.8, 4) is 27.2 Å². The minimum absolute atomic E-state index is 0.0867. The molecule has 0 spiro atoms. The number of carbonyl (C=O) groups excluding carboxylic acids is 1. The van der Waals surface area contributed by atoms with E-state index in [0.717, 1.165) is 47.5 Å². The third kappa shape index (κ3) is 5.60. The summed E-state index contributed by atoms with van der Waals surface area (Å²) in [6, 6.07) is 13.3. The van der Waals surface area contributed by atoms with Gasteiger partial charge in [-0.05, 0) is 55.0 Å². The summed E-state index contributed by atoms with van der Waals surface area (Å²) in [6.07, 6.45) is 5.30. The van der Waals surface area contributed by atoms with E-state index in [9.17, 15) is 22.9 Å². The van der Waals surface area contributed by atoms with E-state index in [-0.39, 0.29) is 35.2 Å². The van der Waals surface area contributed by atoms with Gasteiger partial charge in [0, 0.05) is 30.6 Å². The molecule has 8 nitrogen and oxygen atoms in total. The van der Waals surface area contributed by atoms with Crippen LogP contribution in [0.25, 0.3) is 21.1 Å². The van der Waals surface area contributed by atoms with Gasteiger partial charge in [-0.25, -0.2) is 17.8 Å². The maximum atomic E-state index is 13.6. The van der Waals surface area contributed by atoms with Crippen LogP contribution in [-0.2, 0) is 14.6 Å². The molecule has 3 aromatic rings. The fourth-order valence-corrected chi connectivity index (χ4v) is 8.38. The molecule has 1 N–H and O–H groups in total. The predicted octanol–water partition coefficient (Wildman–Crippen LogP) is 4.94. The van der Waals surface area contributed by atoms with E-state index in [4.69, 9.17) is 4.98 Å². The summed E-state index contributed by atoms with van der Waals surface area (Å²) in [4.78, 5) is 25.9. The van der Waals surface area contributed by atoms with E-state index < -0.39 is 21.2 Å². The monoisotopic (exact) mass is 593 g/mol. The van der Waals surface area contributed by atoms with Crippen LogP contribution in [0.2, 0.25) is 0 Å². The van der Waals surface area contributed by atoms with Gasteiger partial charge in [0.15, 0.2) is 9.84 Å². The van der Waals surface area contributed by atoms with Crippen molar-refractivity contribution in [2.24, 2.45) is 11.8 Å². The highest BCUT2D eigenvalue weighted by Gasteiger charge is 2.54. The second-order valence-corrected chi connectivity index (χ2v) is 14.8. The molecular weight excluding hydrogens is 561 g/mol. The highest BCUT2D eigenvalue weighted by Crippen LogP contribution is 2.47. The van der Waals surface area contributed by atoms with Crippen molar-refractivity contribution in [1.82, 2.24) is 15.3 Å². The number of hydrogen-bond acceptors (Lipinski definition) is 8. The van der Waals surface area contributed by atoms with E-state index in [1.165, 1.54) is 23.6 Å². The van der Waals surface area contributed by atoms with Crippen LogP contribution >= 0.6 is 11.3 Å². The van der Waals surface area contributed by atoms with Crippen molar-refractivity contribution in [3.63, 3.8) is 0 Å². The van der Waals surface area contributed by atoms with Crippen molar-refractivity contribution in [3.05, 3.63) is 54.1 Å². The van der Waals surface area contributed by atoms with Gasteiger partial charge in [0.05, 0.1) is 40.0 Å². The molecule has 1 amide bonds. The number of rotatable bonds is 6. The number of nitrogens with zero attached hydrogens (tertiary/aromatic N) is 4. The Morgan fingerprint density at radius 1 is 1.15 bits per heavy atom. The molecule has 1 aliphatic heterocycles. The lowest BCUT2D eigenvalue weighted by atomic mass is 9.76. The average Bonchev–Trinajstić information content (AvgIpc) is 3.40. The van der Waals surface area contributed by atoms with Gasteiger partial charge in [-0.1, -0.05) is 31.9 Å². The summed E-state index contributed by atoms with van der Waals surface area (Å²) in [5.41, 5.74) is 2.56. The first-order chi connectivity index (χ1) is 19.7. The van der Waals surface area contributed by atoms with Crippen LogP contribution in [0.15, 0.2) is 42.6 Å². The number of nitrogens with one attached hydrogen (secondary N) is 1. The molecule has 0 bridgehead atoms. The number of anilines is 1. The average molecular weight is 594 g/mol. The first kappa shape index (κ1) is 27.8. The number of halogens is 1. The lowest BCUT2D eigenvalue weighted by Gasteiger charge is -2.31. The van der Waals surface area contributed by atoms with Gasteiger partial charge < -0.3 is 10.2 Å². The number of hydrogen-bond donors (Lipinski definition) is 1. The lowest BCUT2D eigenvalue weighted by molar-refractivity contribution is -0.127. The normalized spacial score (nSPS) is 27.1. The Labute approximate surface area is 243 Å². The molecule has 3 unspecified atom stereocenters. The van der Waals surface area contributed by atoms with Gasteiger partial charge in [-0.15, -0.1) is 11.3 Å². The fraction of sp³-hybridized carbons (Fsp3) is 0.467. The topological polar surface area (TPSA) is 116 Å². The van der Waals surface area contributed by atoms with Crippen molar-refractivity contribution < 1.29 is 17.6 Å². The summed E-state index contributed by atoms with van der Waals surface area (Å²) in [5, 5.41) is 13.4. The Kier molecular flexibility index (Phi) is 7.32. The van der Waals surface area contributed by atoms with E-state index in [1.807, 2.05) is 31.2 Å². The van der Waals surface area contributed by atoms with E-state index >= 15 is 0 Å². The van der Waals surface area contributed by atoms with Crippen LogP contribution in [0, 0.1) is 29.0 Å². The van der Waals surface area contributed by atoms with Crippen LogP contribution in [0.4, 0.5) is 10.1 Å². The molecule has 2 aliphatic carbocycles. The van der Waals surface area contributed by atoms with Crippen LogP contribution in [0.5, 0.6) is 0 Å². The van der Waals surface area contributed by atoms with Crippen LogP contribution in [-0.4, -0.2) is 54.4 Å². The number of pyridine rings is 1. The van der Waals surface area contributed by atoms with E-state index in [0.29, 0.717) is 30.2 Å². The summed E-state index contributed by atoms with van der Waals surface area (Å²) in [6.45, 7) is 2.92. The second kappa shape index (κ2) is 10.8. The van der Waals surface area contributed by atoms with Gasteiger partial charge in [-0.2, -0.15) is 5.26 Å². The van der Waals surface area contributed by atoms with Crippen molar-refractivity contribution in [1.29, 1.82) is 5.26 Å². The van der Waals surface area contributed by atoms with Gasteiger partial charge in [0.25, 0.3) is 0 Å². The summed E-state index contributed by atoms with van der Waals surface area (Å²) in [5.74, 6) is -0.486. The standard InChI is InChI=1S/C30H32FN5O3S2/c1-19-16-30(19,18-32)35-28(37)24-5-3-2-4-23(24)26-27(40-29(34-26)25-11-8-21(31)17-33-25)20-6-9-22(10-7-20)36-12-14-41(38,39)15-13-36/h6-11,17,19,23-24H,2-5,12-16H2,1H3,(H,35,37)/t19?,23-,24?,30?/m1/s1. The van der Waals surface area contributed by atoms with Gasteiger partial charge in [0.1, 0.15) is 16.4 Å². The number of amides is 1. The van der Waals surface area contributed by atoms with Gasteiger partial charge in [-0.3, -0.25) is 9.78 Å². The maximum absolute atomic E-state index is 13.6. The Balaban J connectivity index is 1.34. The number of benzene rings is 1. The summed E-state index contributed by atoms with van der Waals surface area (Å²) < 4.78 is 37.4. The number of thiazole rings is 1. The first-order valence-corrected chi connectivity index (χ1v) is 16.7. The SMILES string of the molecule is CC1CC1(C#N)NC(=O)C1CCCC[C@H]1c1nc(-c2ccc(F)cn2)sc1-c1ccc(N2CCS(=O)(=O)CC2)cc1. The predicted molar refractivity (Wildman–Crippen MR) is 157 cm³/mol. The Bertz CT molecular complexity index is 1590. The number of aromatic nitrogens is 2. The second-order valence-electron chi connectivity index (χ2n) is 11.5. The van der Waals surface area contributed by atoms with Gasteiger partial charge in [0.2, 0.25) is 5.91 Å². The molecule has 41 heavy (non-hydrogen) atoms. The highest BCUT2D eigenvalue weighted by molar-refractivity contribution is 7.91. The van der Waals surface area contributed by atoms with Crippen molar-refractivity contribution in [2.45, 2.75) is 50.5 Å². The smallest absolute Gasteiger partial charge is 0.225 e. The molecule has 4 atom stereocenters. The molecule has 1 aromatic carbocycles. The largest absolute Gasteiger partial charge is 0.369 e. The lowest BCUT2D eigenvalue weighted by Crippen LogP contribution is -2.43. The first-order valence-electron chi connectivity index (χ1n) is 14.1. The molecular formula is C30H32FN5O3S2. The molecule has 2 saturated carbocycles. The van der Waals surface area contributed by atoms with Crippen LogP contribution < -0.4 is 10.2 Å². The Morgan fingerprint density at radius 3 is 2.49 bits per heavy atom. The number of sulfone groups is 1. The zero-order valence-electron chi connectivity index (χ0n) is 22.8. The Morgan fingerprint density at radius 2 is 1.85 bits per heavy atom. The van der Waals surface area contributed by atoms with E-state index in [2.05, 4.69) is 21.3 Å². The molecule has 6 rings (SSSR count). The summed E-state index contributed by atoms with van der Waals surface area (Å²) >= 11 is 1.48. The molecule has 11 heteroatoms. The molecule has 1 saturated heterocycles. The minimum Gasteiger partial charge on any atom is -0.369 e. The number of nitriles is 1. The maximum Gasteiger partial charge on any atom is 0.225 e. The fourth-order valence-electron chi connectivity index (χ4n) is 6.06. The van der Waals surface area contributed by atoms with Crippen molar-refractivity contribution in [2.75, 3.05) is 29.5 Å². The molecule has 3 aliphatic rings. The number of carbonyl (C=O) groups is 1.